The number of ketones is 1. The minimum absolute atomic E-state index is 0.0322. The van der Waals surface area contributed by atoms with Gasteiger partial charge in [-0.1, -0.05) is 23.4 Å². The lowest BCUT2D eigenvalue weighted by Crippen LogP contribution is -2.49. The third-order valence-corrected chi connectivity index (χ3v) is 5.80. The molecule has 31 heavy (non-hydrogen) atoms. The van der Waals surface area contributed by atoms with Gasteiger partial charge in [0.2, 0.25) is 5.78 Å². The molecule has 1 fully saturated rings. The van der Waals surface area contributed by atoms with E-state index < -0.39 is 5.60 Å². The molecule has 2 aromatic rings. The number of benzene rings is 1. The summed E-state index contributed by atoms with van der Waals surface area (Å²) < 4.78 is 0. The number of nitrogens with zero attached hydrogens (tertiary/aromatic N) is 3. The normalized spacial score (nSPS) is 20.2. The predicted molar refractivity (Wildman–Crippen MR) is 120 cm³/mol. The van der Waals surface area contributed by atoms with E-state index in [1.165, 1.54) is 0 Å². The summed E-state index contributed by atoms with van der Waals surface area (Å²) in [5.74, 6) is 0.427. The van der Waals surface area contributed by atoms with Gasteiger partial charge in [0.05, 0.1) is 6.04 Å². The van der Waals surface area contributed by atoms with Gasteiger partial charge in [0.25, 0.3) is 5.91 Å². The molecule has 1 N–H and O–H groups in total. The zero-order valence-corrected chi connectivity index (χ0v) is 18.4. The lowest BCUT2D eigenvalue weighted by atomic mass is 9.95. The number of nitrogens with one attached hydrogen (secondary N) is 1. The van der Waals surface area contributed by atoms with Gasteiger partial charge in [0.1, 0.15) is 5.82 Å². The van der Waals surface area contributed by atoms with Gasteiger partial charge >= 0.3 is 0 Å². The first-order chi connectivity index (χ1) is 14.8. The van der Waals surface area contributed by atoms with Gasteiger partial charge in [-0.15, -0.1) is 0 Å². The Morgan fingerprint density at radius 1 is 1.23 bits per heavy atom. The van der Waals surface area contributed by atoms with Crippen molar-refractivity contribution in [2.45, 2.75) is 52.2 Å². The fraction of sp³-hybridized carbons (Fsp3) is 0.417. The molecule has 1 unspecified atom stereocenters. The highest BCUT2D eigenvalue weighted by atomic mass is 16.7. The maximum Gasteiger partial charge on any atom is 0.259 e. The highest BCUT2D eigenvalue weighted by Crippen LogP contribution is 2.27. The number of piperidine rings is 1. The van der Waals surface area contributed by atoms with Crippen molar-refractivity contribution in [2.75, 3.05) is 18.0 Å². The van der Waals surface area contributed by atoms with E-state index in [9.17, 15) is 9.59 Å². The summed E-state index contributed by atoms with van der Waals surface area (Å²) in [5, 5.41) is 7.34. The Morgan fingerprint density at radius 3 is 2.55 bits per heavy atom. The van der Waals surface area contributed by atoms with Gasteiger partial charge in [-0.2, -0.15) is 0 Å². The summed E-state index contributed by atoms with van der Waals surface area (Å²) >= 11 is 0. The summed E-state index contributed by atoms with van der Waals surface area (Å²) in [4.78, 5) is 37.7. The van der Waals surface area contributed by atoms with Crippen molar-refractivity contribution in [3.63, 3.8) is 0 Å². The van der Waals surface area contributed by atoms with Crippen molar-refractivity contribution in [1.29, 1.82) is 0 Å². The van der Waals surface area contributed by atoms with Crippen LogP contribution >= 0.6 is 0 Å². The monoisotopic (exact) mass is 420 g/mol. The Hall–Kier alpha value is -3.06. The molecule has 162 valence electrons. The second kappa shape index (κ2) is 8.23. The van der Waals surface area contributed by atoms with E-state index in [0.29, 0.717) is 16.9 Å². The number of Topliss-reactive ketones (excluding diaryl/α,β-unsaturated/α-hetero) is 1. The number of amides is 1. The lowest BCUT2D eigenvalue weighted by Gasteiger charge is -2.35. The maximum absolute atomic E-state index is 13.6. The molecule has 2 aliphatic heterocycles. The molecule has 1 atom stereocenters. The average Bonchev–Trinajstić information content (AvgIpc) is 3.03. The van der Waals surface area contributed by atoms with Crippen molar-refractivity contribution in [2.24, 2.45) is 5.16 Å². The zero-order chi connectivity index (χ0) is 22.2. The van der Waals surface area contributed by atoms with E-state index in [4.69, 9.17) is 4.84 Å². The molecule has 0 radical (unpaired) electrons. The second-order valence-electron chi connectivity index (χ2n) is 8.78. The summed E-state index contributed by atoms with van der Waals surface area (Å²) in [6.45, 7) is 9.06. The number of hydrogen-bond acceptors (Lipinski definition) is 6. The van der Waals surface area contributed by atoms with Gasteiger partial charge in [-0.25, -0.2) is 4.98 Å². The van der Waals surface area contributed by atoms with Crippen LogP contribution < -0.4 is 10.2 Å². The first-order valence-electron chi connectivity index (χ1n) is 10.7. The van der Waals surface area contributed by atoms with Crippen LogP contribution in [0.3, 0.4) is 0 Å². The van der Waals surface area contributed by atoms with Crippen molar-refractivity contribution in [3.8, 4) is 0 Å². The SMILES string of the molecule is Cc1cnc(N(C(=O)c2ccc(C3=NOC(C)(C)C3=O)cc2)C2CCCNC2)c(C)c1. The number of rotatable bonds is 4. The molecule has 0 saturated carbocycles. The van der Waals surface area contributed by atoms with E-state index in [0.717, 1.165) is 37.1 Å². The fourth-order valence-corrected chi connectivity index (χ4v) is 4.07. The van der Waals surface area contributed by atoms with Gasteiger partial charge in [0, 0.05) is 23.9 Å². The van der Waals surface area contributed by atoms with E-state index in [1.807, 2.05) is 24.8 Å². The minimum atomic E-state index is -0.955. The number of pyridine rings is 1. The molecular formula is C24H28N4O3. The van der Waals surface area contributed by atoms with Crippen LogP contribution in [0.1, 0.15) is 53.7 Å². The number of anilines is 1. The predicted octanol–water partition coefficient (Wildman–Crippen LogP) is 3.18. The van der Waals surface area contributed by atoms with E-state index in [1.54, 1.807) is 44.3 Å². The molecule has 0 spiro atoms. The number of hydrogen-bond donors (Lipinski definition) is 1. The van der Waals surface area contributed by atoms with Crippen molar-refractivity contribution in [3.05, 3.63) is 58.8 Å². The fourth-order valence-electron chi connectivity index (χ4n) is 4.07. The Bertz CT molecular complexity index is 1040. The van der Waals surface area contributed by atoms with Gasteiger partial charge in [-0.3, -0.25) is 14.5 Å². The number of carbonyl (C=O) groups excluding carboxylic acids is 2. The standard InChI is InChI=1S/C24H28N4O3/c1-15-12-16(2)22(26-13-15)28(19-6-5-11-25-14-19)23(30)18-9-7-17(8-10-18)20-21(29)24(3,4)31-27-20/h7-10,12-13,19,25H,5-6,11,14H2,1-4H3. The molecule has 7 nitrogen and oxygen atoms in total. The van der Waals surface area contributed by atoms with Gasteiger partial charge in [-0.05, 0) is 70.3 Å². The van der Waals surface area contributed by atoms with Crippen molar-refractivity contribution < 1.29 is 14.4 Å². The smallest absolute Gasteiger partial charge is 0.259 e. The van der Waals surface area contributed by atoms with Crippen molar-refractivity contribution >= 4 is 23.2 Å². The average molecular weight is 421 g/mol. The molecule has 3 heterocycles. The third-order valence-electron chi connectivity index (χ3n) is 5.80. The van der Waals surface area contributed by atoms with Crippen LogP contribution in [-0.2, 0) is 9.63 Å². The van der Waals surface area contributed by atoms with E-state index in [-0.39, 0.29) is 23.4 Å². The summed E-state index contributed by atoms with van der Waals surface area (Å²) in [7, 11) is 0. The molecule has 2 aliphatic rings. The number of carbonyl (C=O) groups is 2. The molecular weight excluding hydrogens is 392 g/mol. The number of aromatic nitrogens is 1. The van der Waals surface area contributed by atoms with Crippen LogP contribution in [0.4, 0.5) is 5.82 Å². The van der Waals surface area contributed by atoms with Crippen LogP contribution in [0.25, 0.3) is 0 Å². The van der Waals surface area contributed by atoms with Crippen LogP contribution in [0.5, 0.6) is 0 Å². The topological polar surface area (TPSA) is 83.9 Å². The molecule has 1 amide bonds. The minimum Gasteiger partial charge on any atom is -0.381 e. The quantitative estimate of drug-likeness (QED) is 0.821. The second-order valence-corrected chi connectivity index (χ2v) is 8.78. The molecule has 1 aromatic carbocycles. The molecule has 7 heteroatoms. The molecule has 4 rings (SSSR count). The first-order valence-corrected chi connectivity index (χ1v) is 10.7. The summed E-state index contributed by atoms with van der Waals surface area (Å²) in [6.07, 6.45) is 3.73. The number of oxime groups is 1. The summed E-state index contributed by atoms with van der Waals surface area (Å²) in [5.41, 5.74) is 2.55. The van der Waals surface area contributed by atoms with Gasteiger partial charge < -0.3 is 10.2 Å². The largest absolute Gasteiger partial charge is 0.381 e. The molecule has 0 aliphatic carbocycles. The highest BCUT2D eigenvalue weighted by molar-refractivity contribution is 6.49. The highest BCUT2D eigenvalue weighted by Gasteiger charge is 2.40. The van der Waals surface area contributed by atoms with E-state index in [2.05, 4.69) is 15.5 Å². The van der Waals surface area contributed by atoms with Crippen LogP contribution in [0.2, 0.25) is 0 Å². The number of aryl methyl sites for hydroxylation is 2. The van der Waals surface area contributed by atoms with E-state index >= 15 is 0 Å². The van der Waals surface area contributed by atoms with Crippen LogP contribution in [-0.4, -0.2) is 47.1 Å². The maximum atomic E-state index is 13.6. The summed E-state index contributed by atoms with van der Waals surface area (Å²) in [6, 6.07) is 9.07. The van der Waals surface area contributed by atoms with Crippen molar-refractivity contribution in [1.82, 2.24) is 10.3 Å². The molecule has 1 aromatic heterocycles. The third kappa shape index (κ3) is 4.10. The zero-order valence-electron chi connectivity index (χ0n) is 18.4. The first kappa shape index (κ1) is 21.2. The Kier molecular flexibility index (Phi) is 5.62. The molecule has 0 bridgehead atoms. The van der Waals surface area contributed by atoms with Gasteiger partial charge in [0.15, 0.2) is 11.3 Å². The molecule has 1 saturated heterocycles. The Balaban J connectivity index is 1.65. The Labute approximate surface area is 182 Å². The van der Waals surface area contributed by atoms with Crippen LogP contribution in [0.15, 0.2) is 41.7 Å². The lowest BCUT2D eigenvalue weighted by molar-refractivity contribution is -0.128. The Morgan fingerprint density at radius 2 is 1.97 bits per heavy atom. The van der Waals surface area contributed by atoms with Crippen LogP contribution in [0, 0.1) is 13.8 Å².